The molecule has 160 valence electrons. The zero-order valence-electron chi connectivity index (χ0n) is 17.1. The lowest BCUT2D eigenvalue weighted by Gasteiger charge is -2.08. The molecule has 0 saturated heterocycles. The zero-order chi connectivity index (χ0) is 22.5. The van der Waals surface area contributed by atoms with Crippen molar-refractivity contribution in [2.45, 2.75) is 6.42 Å². The molecule has 0 atom stereocenters. The van der Waals surface area contributed by atoms with E-state index in [0.29, 0.717) is 29.2 Å². The van der Waals surface area contributed by atoms with Gasteiger partial charge < -0.3 is 15.0 Å². The fourth-order valence-corrected chi connectivity index (χ4v) is 3.10. The number of ether oxygens (including phenoxy) is 1. The van der Waals surface area contributed by atoms with Crippen molar-refractivity contribution < 1.29 is 9.53 Å². The number of methoxy groups -OCH3 is 1. The molecule has 9 heteroatoms. The number of carbonyl (C=O) groups excluding carboxylic acids is 1. The summed E-state index contributed by atoms with van der Waals surface area (Å²) in [5.41, 5.74) is 1.95. The summed E-state index contributed by atoms with van der Waals surface area (Å²) in [6, 6.07) is 18.4. The molecule has 4 rings (SSSR count). The van der Waals surface area contributed by atoms with Crippen LogP contribution in [-0.4, -0.2) is 33.2 Å². The van der Waals surface area contributed by atoms with Crippen LogP contribution in [-0.2, 0) is 6.42 Å². The molecule has 0 spiro atoms. The molecule has 2 aromatic heterocycles. The van der Waals surface area contributed by atoms with Crippen molar-refractivity contribution in [3.63, 3.8) is 0 Å². The normalized spacial score (nSPS) is 10.5. The highest BCUT2D eigenvalue weighted by Crippen LogP contribution is 2.20. The van der Waals surface area contributed by atoms with Crippen molar-refractivity contribution in [3.8, 4) is 17.0 Å². The van der Waals surface area contributed by atoms with E-state index in [9.17, 15) is 14.4 Å². The fourth-order valence-electron chi connectivity index (χ4n) is 3.10. The van der Waals surface area contributed by atoms with E-state index in [1.54, 1.807) is 37.4 Å². The number of rotatable bonds is 6. The summed E-state index contributed by atoms with van der Waals surface area (Å²) in [5.74, 6) is 0.584. The number of hydrogen-bond donors (Lipinski definition) is 3. The van der Waals surface area contributed by atoms with Crippen LogP contribution in [0.4, 0.5) is 5.69 Å². The Morgan fingerprint density at radius 1 is 1.00 bits per heavy atom. The van der Waals surface area contributed by atoms with Crippen LogP contribution in [0.5, 0.6) is 5.75 Å². The van der Waals surface area contributed by atoms with Gasteiger partial charge in [-0.15, -0.1) is 0 Å². The lowest BCUT2D eigenvalue weighted by Crippen LogP contribution is -2.20. The highest BCUT2D eigenvalue weighted by atomic mass is 16.5. The number of nitrogens with one attached hydrogen (secondary N) is 3. The lowest BCUT2D eigenvalue weighted by atomic mass is 10.1. The quantitative estimate of drug-likeness (QED) is 0.431. The summed E-state index contributed by atoms with van der Waals surface area (Å²) in [7, 11) is 1.59. The van der Waals surface area contributed by atoms with E-state index in [-0.39, 0.29) is 11.3 Å². The largest absolute Gasteiger partial charge is 0.497 e. The van der Waals surface area contributed by atoms with E-state index >= 15 is 0 Å². The second-order valence-electron chi connectivity index (χ2n) is 6.94. The van der Waals surface area contributed by atoms with Crippen LogP contribution in [0.25, 0.3) is 11.3 Å². The Balaban J connectivity index is 1.53. The van der Waals surface area contributed by atoms with Crippen molar-refractivity contribution in [2.75, 3.05) is 12.4 Å². The Morgan fingerprint density at radius 2 is 1.81 bits per heavy atom. The monoisotopic (exact) mass is 429 g/mol. The number of anilines is 1. The molecule has 1 amide bonds. The number of benzene rings is 2. The minimum Gasteiger partial charge on any atom is -0.497 e. The van der Waals surface area contributed by atoms with Gasteiger partial charge >= 0.3 is 0 Å². The molecular formula is C23H19N5O4. The molecule has 0 aliphatic heterocycles. The Morgan fingerprint density at radius 3 is 2.53 bits per heavy atom. The van der Waals surface area contributed by atoms with E-state index < -0.39 is 11.5 Å². The topological polar surface area (TPSA) is 130 Å². The maximum atomic E-state index is 12.7. The first kappa shape index (κ1) is 20.7. The van der Waals surface area contributed by atoms with E-state index in [1.807, 2.05) is 24.3 Å². The van der Waals surface area contributed by atoms with Gasteiger partial charge in [-0.3, -0.25) is 14.4 Å². The first-order valence-electron chi connectivity index (χ1n) is 9.71. The molecule has 2 heterocycles. The third kappa shape index (κ3) is 4.96. The maximum Gasteiger partial charge on any atom is 0.274 e. The van der Waals surface area contributed by atoms with Gasteiger partial charge in [0.15, 0.2) is 0 Å². The van der Waals surface area contributed by atoms with Crippen molar-refractivity contribution in [2.24, 2.45) is 0 Å². The van der Waals surface area contributed by atoms with Gasteiger partial charge in [-0.25, -0.2) is 10.1 Å². The van der Waals surface area contributed by atoms with Gasteiger partial charge in [-0.1, -0.05) is 24.3 Å². The van der Waals surface area contributed by atoms with Crippen molar-refractivity contribution in [1.29, 1.82) is 0 Å². The van der Waals surface area contributed by atoms with Crippen LogP contribution in [0.15, 0.2) is 76.3 Å². The second-order valence-corrected chi connectivity index (χ2v) is 6.94. The third-order valence-electron chi connectivity index (χ3n) is 4.65. The van der Waals surface area contributed by atoms with E-state index in [4.69, 9.17) is 4.74 Å². The Kier molecular flexibility index (Phi) is 5.89. The molecule has 4 aromatic rings. The van der Waals surface area contributed by atoms with Gasteiger partial charge in [-0.05, 0) is 35.9 Å². The predicted molar refractivity (Wildman–Crippen MR) is 119 cm³/mol. The standard InChI is InChI=1S/C23H19N5O4/c1-32-17-7-5-14(6-8-17)11-20-25-19(13-22(30)26-20)23(31)24-16-4-2-3-15(12-16)18-9-10-21(29)28-27-18/h2-10,12-13H,11H2,1H3,(H,24,31)(H,28,29)(H,25,26,30). The highest BCUT2D eigenvalue weighted by Gasteiger charge is 2.12. The summed E-state index contributed by atoms with van der Waals surface area (Å²) < 4.78 is 5.14. The molecule has 3 N–H and O–H groups in total. The van der Waals surface area contributed by atoms with E-state index in [2.05, 4.69) is 25.5 Å². The number of carbonyl (C=O) groups is 1. The smallest absolute Gasteiger partial charge is 0.274 e. The Bertz CT molecular complexity index is 1360. The molecule has 0 unspecified atom stereocenters. The van der Waals surface area contributed by atoms with Gasteiger partial charge in [0, 0.05) is 29.8 Å². The SMILES string of the molecule is COc1ccc(Cc2nc(C(=O)Nc3cccc(-c4ccc(=O)[nH]n4)c3)cc(=O)[nH]2)cc1. The van der Waals surface area contributed by atoms with Gasteiger partial charge in [-0.2, -0.15) is 5.10 Å². The van der Waals surface area contributed by atoms with Gasteiger partial charge in [0.2, 0.25) is 0 Å². The van der Waals surface area contributed by atoms with Crippen molar-refractivity contribution in [1.82, 2.24) is 20.2 Å². The van der Waals surface area contributed by atoms with Crippen molar-refractivity contribution >= 4 is 11.6 Å². The van der Waals surface area contributed by atoms with Crippen LogP contribution in [0, 0.1) is 0 Å². The second kappa shape index (κ2) is 9.09. The van der Waals surface area contributed by atoms with Gasteiger partial charge in [0.25, 0.3) is 17.0 Å². The molecule has 0 aliphatic rings. The van der Waals surface area contributed by atoms with Crippen molar-refractivity contribution in [3.05, 3.63) is 105 Å². The maximum absolute atomic E-state index is 12.7. The lowest BCUT2D eigenvalue weighted by molar-refractivity contribution is 0.102. The van der Waals surface area contributed by atoms with Crippen LogP contribution >= 0.6 is 0 Å². The highest BCUT2D eigenvalue weighted by molar-refractivity contribution is 6.03. The van der Waals surface area contributed by atoms with Crippen LogP contribution < -0.4 is 21.2 Å². The first-order valence-corrected chi connectivity index (χ1v) is 9.71. The number of hydrogen-bond acceptors (Lipinski definition) is 6. The minimum absolute atomic E-state index is 0.00447. The average molecular weight is 429 g/mol. The summed E-state index contributed by atoms with van der Waals surface area (Å²) >= 11 is 0. The number of aromatic amines is 2. The summed E-state index contributed by atoms with van der Waals surface area (Å²) in [6.45, 7) is 0. The zero-order valence-corrected chi connectivity index (χ0v) is 17.1. The van der Waals surface area contributed by atoms with Crippen LogP contribution in [0.1, 0.15) is 21.9 Å². The Hall–Kier alpha value is -4.53. The average Bonchev–Trinajstić information content (AvgIpc) is 2.80. The molecule has 32 heavy (non-hydrogen) atoms. The summed E-state index contributed by atoms with van der Waals surface area (Å²) in [5, 5.41) is 9.10. The first-order chi connectivity index (χ1) is 15.5. The molecule has 0 saturated carbocycles. The number of nitrogens with zero attached hydrogens (tertiary/aromatic N) is 2. The molecule has 0 aliphatic carbocycles. The Labute approximate surface area is 182 Å². The number of aromatic nitrogens is 4. The molecule has 0 fully saturated rings. The summed E-state index contributed by atoms with van der Waals surface area (Å²) in [6.07, 6.45) is 0.355. The predicted octanol–water partition coefficient (Wildman–Crippen LogP) is 2.37. The van der Waals surface area contributed by atoms with E-state index in [0.717, 1.165) is 17.4 Å². The van der Waals surface area contributed by atoms with Crippen LogP contribution in [0.2, 0.25) is 0 Å². The van der Waals surface area contributed by atoms with Gasteiger partial charge in [0.1, 0.15) is 17.3 Å². The van der Waals surface area contributed by atoms with Crippen LogP contribution in [0.3, 0.4) is 0 Å². The summed E-state index contributed by atoms with van der Waals surface area (Å²) in [4.78, 5) is 43.0. The molecule has 0 radical (unpaired) electrons. The molecule has 2 aromatic carbocycles. The fraction of sp³-hybridized carbons (Fsp3) is 0.0870. The molecule has 9 nitrogen and oxygen atoms in total. The van der Waals surface area contributed by atoms with E-state index in [1.165, 1.54) is 6.07 Å². The minimum atomic E-state index is -0.515. The number of H-pyrrole nitrogens is 2. The third-order valence-corrected chi connectivity index (χ3v) is 4.65. The molecule has 0 bridgehead atoms. The van der Waals surface area contributed by atoms with Gasteiger partial charge in [0.05, 0.1) is 12.8 Å². The molecular weight excluding hydrogens is 410 g/mol. The number of amides is 1.